The van der Waals surface area contributed by atoms with E-state index >= 15 is 0 Å². The Morgan fingerprint density at radius 1 is 1.32 bits per heavy atom. The molecular weight excluding hydrogens is 416 g/mol. The van der Waals surface area contributed by atoms with Crippen molar-refractivity contribution in [3.8, 4) is 5.75 Å². The second-order valence-electron chi connectivity index (χ2n) is 7.67. The first-order valence-electron chi connectivity index (χ1n) is 10.5. The number of fused-ring (bicyclic) bond motifs is 1. The van der Waals surface area contributed by atoms with Crippen molar-refractivity contribution in [1.82, 2.24) is 14.5 Å². The van der Waals surface area contributed by atoms with E-state index in [0.29, 0.717) is 6.42 Å². The van der Waals surface area contributed by atoms with Gasteiger partial charge in [-0.25, -0.2) is 13.1 Å². The van der Waals surface area contributed by atoms with Crippen LogP contribution in [0.3, 0.4) is 0 Å². The first-order valence-corrected chi connectivity index (χ1v) is 12.1. The fourth-order valence-electron chi connectivity index (χ4n) is 3.82. The molecule has 0 unspecified atom stereocenters. The molecule has 1 amide bonds. The topological polar surface area (TPSA) is 93.5 Å². The molecule has 0 radical (unpaired) electrons. The van der Waals surface area contributed by atoms with Crippen LogP contribution in [-0.4, -0.2) is 43.5 Å². The van der Waals surface area contributed by atoms with Gasteiger partial charge in [0.1, 0.15) is 11.6 Å². The highest BCUT2D eigenvalue weighted by Crippen LogP contribution is 2.39. The van der Waals surface area contributed by atoms with Gasteiger partial charge < -0.3 is 9.64 Å². The fourth-order valence-corrected chi connectivity index (χ4v) is 4.88. The van der Waals surface area contributed by atoms with E-state index in [1.165, 1.54) is 11.6 Å². The van der Waals surface area contributed by atoms with E-state index in [1.54, 1.807) is 17.9 Å². The van der Waals surface area contributed by atoms with Gasteiger partial charge in [0, 0.05) is 37.0 Å². The quantitative estimate of drug-likeness (QED) is 0.470. The minimum Gasteiger partial charge on any atom is -0.497 e. The van der Waals surface area contributed by atoms with E-state index in [1.807, 2.05) is 33.0 Å². The number of amides is 1. The molecule has 0 fully saturated rings. The number of methoxy groups -OCH3 is 1. The van der Waals surface area contributed by atoms with Crippen LogP contribution >= 0.6 is 0 Å². The van der Waals surface area contributed by atoms with Crippen LogP contribution < -0.4 is 14.4 Å². The van der Waals surface area contributed by atoms with Crippen LogP contribution in [0.4, 0.5) is 11.5 Å². The largest absolute Gasteiger partial charge is 0.497 e. The van der Waals surface area contributed by atoms with Crippen LogP contribution in [0.5, 0.6) is 5.75 Å². The first-order chi connectivity index (χ1) is 14.8. The number of nitrogens with one attached hydrogen (secondary N) is 1. The highest BCUT2D eigenvalue weighted by atomic mass is 32.2. The van der Waals surface area contributed by atoms with E-state index in [9.17, 15) is 13.2 Å². The average molecular weight is 447 g/mol. The van der Waals surface area contributed by atoms with Crippen molar-refractivity contribution >= 4 is 33.5 Å². The van der Waals surface area contributed by atoms with Crippen molar-refractivity contribution in [1.29, 1.82) is 0 Å². The number of rotatable bonds is 9. The molecule has 0 aliphatic carbocycles. The number of benzene rings is 1. The molecular formula is C22H30N4O4S. The summed E-state index contributed by atoms with van der Waals surface area (Å²) in [5.41, 5.74) is 3.78. The summed E-state index contributed by atoms with van der Waals surface area (Å²) in [6.45, 7) is 4.64. The molecule has 1 N–H and O–H groups in total. The van der Waals surface area contributed by atoms with Crippen molar-refractivity contribution < 1.29 is 17.9 Å². The zero-order valence-corrected chi connectivity index (χ0v) is 19.3. The fraction of sp³-hybridized carbons (Fsp3) is 0.455. The molecule has 2 aromatic rings. The molecule has 0 saturated heterocycles. The molecule has 3 rings (SSSR count). The van der Waals surface area contributed by atoms with Gasteiger partial charge in [0.2, 0.25) is 10.0 Å². The molecule has 1 aliphatic rings. The highest BCUT2D eigenvalue weighted by Gasteiger charge is 2.26. The Morgan fingerprint density at radius 2 is 2.10 bits per heavy atom. The molecule has 0 bridgehead atoms. The van der Waals surface area contributed by atoms with Gasteiger partial charge >= 0.3 is 0 Å². The van der Waals surface area contributed by atoms with E-state index in [4.69, 9.17) is 4.74 Å². The highest BCUT2D eigenvalue weighted by molar-refractivity contribution is 7.90. The van der Waals surface area contributed by atoms with Crippen molar-refractivity contribution in [2.24, 2.45) is 7.05 Å². The van der Waals surface area contributed by atoms with Crippen LogP contribution in [0.25, 0.3) is 6.08 Å². The summed E-state index contributed by atoms with van der Waals surface area (Å²) in [5.74, 6) is 0.909. The van der Waals surface area contributed by atoms with Crippen molar-refractivity contribution in [3.63, 3.8) is 0 Å². The SMILES string of the molecule is CCCCCS(=O)(=O)NC(=O)C=Cc1c(C)nn(C)c1N1CCc2ccc(OC)cc21. The zero-order valence-electron chi connectivity index (χ0n) is 18.5. The third-order valence-electron chi connectivity index (χ3n) is 5.35. The van der Waals surface area contributed by atoms with Crippen LogP contribution in [0.2, 0.25) is 0 Å². The Hall–Kier alpha value is -2.81. The monoisotopic (exact) mass is 446 g/mol. The predicted molar refractivity (Wildman–Crippen MR) is 122 cm³/mol. The van der Waals surface area contributed by atoms with Gasteiger partial charge in [0.15, 0.2) is 0 Å². The van der Waals surface area contributed by atoms with Gasteiger partial charge in [0.05, 0.1) is 18.6 Å². The molecule has 1 aromatic heterocycles. The summed E-state index contributed by atoms with van der Waals surface area (Å²) in [6, 6.07) is 6.00. The molecule has 1 aromatic carbocycles. The molecule has 2 heterocycles. The van der Waals surface area contributed by atoms with Gasteiger partial charge in [-0.15, -0.1) is 0 Å². The minimum atomic E-state index is -3.63. The van der Waals surface area contributed by atoms with Gasteiger partial charge in [-0.1, -0.05) is 25.8 Å². The molecule has 1 aliphatic heterocycles. The Balaban J connectivity index is 1.83. The second-order valence-corrected chi connectivity index (χ2v) is 9.51. The number of hydrogen-bond acceptors (Lipinski definition) is 6. The smallest absolute Gasteiger partial charge is 0.257 e. The molecule has 0 atom stereocenters. The lowest BCUT2D eigenvalue weighted by Crippen LogP contribution is -2.31. The first kappa shape index (κ1) is 22.9. The minimum absolute atomic E-state index is 0.0516. The maximum atomic E-state index is 12.3. The van der Waals surface area contributed by atoms with Crippen molar-refractivity contribution in [2.75, 3.05) is 24.3 Å². The number of unbranched alkanes of at least 4 members (excludes halogenated alkanes) is 2. The van der Waals surface area contributed by atoms with Gasteiger partial charge in [-0.05, 0) is 37.5 Å². The molecule has 0 saturated carbocycles. The lowest BCUT2D eigenvalue weighted by atomic mass is 10.1. The number of aryl methyl sites for hydroxylation is 2. The van der Waals surface area contributed by atoms with Gasteiger partial charge in [-0.3, -0.25) is 9.48 Å². The summed E-state index contributed by atoms with van der Waals surface area (Å²) >= 11 is 0. The van der Waals surface area contributed by atoms with Crippen LogP contribution in [0, 0.1) is 6.92 Å². The van der Waals surface area contributed by atoms with Crippen LogP contribution in [0.1, 0.15) is 43.0 Å². The predicted octanol–water partition coefficient (Wildman–Crippen LogP) is 3.08. The third kappa shape index (κ3) is 5.28. The third-order valence-corrected chi connectivity index (χ3v) is 6.69. The lowest BCUT2D eigenvalue weighted by Gasteiger charge is -2.21. The maximum absolute atomic E-state index is 12.3. The summed E-state index contributed by atoms with van der Waals surface area (Å²) in [4.78, 5) is 14.4. The molecule has 0 spiro atoms. The normalized spacial score (nSPS) is 13.6. The van der Waals surface area contributed by atoms with E-state index < -0.39 is 15.9 Å². The summed E-state index contributed by atoms with van der Waals surface area (Å²) in [5, 5.41) is 4.52. The number of nitrogens with zero attached hydrogens (tertiary/aromatic N) is 3. The van der Waals surface area contributed by atoms with Gasteiger partial charge in [0.25, 0.3) is 5.91 Å². The number of anilines is 2. The van der Waals surface area contributed by atoms with Crippen LogP contribution in [-0.2, 0) is 28.3 Å². The summed E-state index contributed by atoms with van der Waals surface area (Å²) < 4.78 is 33.4. The number of carbonyl (C=O) groups is 1. The van der Waals surface area contributed by atoms with E-state index in [-0.39, 0.29) is 5.75 Å². The number of aromatic nitrogens is 2. The summed E-state index contributed by atoms with van der Waals surface area (Å²) in [6.07, 6.45) is 6.04. The van der Waals surface area contributed by atoms with Crippen molar-refractivity contribution in [3.05, 3.63) is 41.1 Å². The summed E-state index contributed by atoms with van der Waals surface area (Å²) in [7, 11) is -0.137. The Bertz CT molecular complexity index is 1090. The number of hydrogen-bond donors (Lipinski definition) is 1. The Kier molecular flexibility index (Phi) is 7.04. The standard InChI is InChI=1S/C22H30N4O4S/c1-5-6-7-14-31(28,29)24-21(27)11-10-19-16(2)23-25(3)22(19)26-13-12-17-8-9-18(30-4)15-20(17)26/h8-11,15H,5-7,12-14H2,1-4H3,(H,24,27). The van der Waals surface area contributed by atoms with Crippen molar-refractivity contribution in [2.45, 2.75) is 39.5 Å². The van der Waals surface area contributed by atoms with Gasteiger partial charge in [-0.2, -0.15) is 5.10 Å². The Morgan fingerprint density at radius 3 is 2.81 bits per heavy atom. The molecule has 168 valence electrons. The molecule has 9 heteroatoms. The maximum Gasteiger partial charge on any atom is 0.257 e. The number of sulfonamides is 1. The molecule has 31 heavy (non-hydrogen) atoms. The van der Waals surface area contributed by atoms with E-state index in [0.717, 1.165) is 54.3 Å². The van der Waals surface area contributed by atoms with E-state index in [2.05, 4.69) is 20.8 Å². The lowest BCUT2D eigenvalue weighted by molar-refractivity contribution is -0.114. The average Bonchev–Trinajstić information content (AvgIpc) is 3.24. The number of carbonyl (C=O) groups excluding carboxylic acids is 1. The number of ether oxygens (including phenoxy) is 1. The Labute approximate surface area is 183 Å². The van der Waals surface area contributed by atoms with Crippen LogP contribution in [0.15, 0.2) is 24.3 Å². The zero-order chi connectivity index (χ0) is 22.6. The second kappa shape index (κ2) is 9.55. The molecule has 8 nitrogen and oxygen atoms in total.